The van der Waals surface area contributed by atoms with Crippen LogP contribution in [0.2, 0.25) is 0 Å². The Balaban J connectivity index is 2.05. The monoisotopic (exact) mass is 309 g/mol. The lowest BCUT2D eigenvalue weighted by atomic mass is 10.3. The molecule has 0 aromatic carbocycles. The molecule has 5 heteroatoms. The zero-order valence-electron chi connectivity index (χ0n) is 9.35. The summed E-state index contributed by atoms with van der Waals surface area (Å²) in [5, 5.41) is 4.04. The molecular formula is C12H12BrN3S. The molecule has 1 N–H and O–H groups in total. The Morgan fingerprint density at radius 1 is 1.29 bits per heavy atom. The average Bonchev–Trinajstić information content (AvgIpc) is 2.38. The van der Waals surface area contributed by atoms with Gasteiger partial charge in [-0.05, 0) is 45.8 Å². The molecule has 0 bridgehead atoms. The van der Waals surface area contributed by atoms with E-state index >= 15 is 0 Å². The predicted octanol–water partition coefficient (Wildman–Crippen LogP) is 3.57. The average molecular weight is 310 g/mol. The number of rotatable bonds is 4. The van der Waals surface area contributed by atoms with Gasteiger partial charge in [0, 0.05) is 29.7 Å². The van der Waals surface area contributed by atoms with Crippen molar-refractivity contribution in [1.82, 2.24) is 9.97 Å². The predicted molar refractivity (Wildman–Crippen MR) is 75.3 cm³/mol. The molecule has 3 nitrogen and oxygen atoms in total. The van der Waals surface area contributed by atoms with Gasteiger partial charge in [0.2, 0.25) is 0 Å². The van der Waals surface area contributed by atoms with Gasteiger partial charge in [0.05, 0.1) is 0 Å². The summed E-state index contributed by atoms with van der Waals surface area (Å²) in [6.45, 7) is 0. The topological polar surface area (TPSA) is 37.8 Å². The summed E-state index contributed by atoms with van der Waals surface area (Å²) in [5.41, 5.74) is 1.23. The molecule has 0 atom stereocenters. The van der Waals surface area contributed by atoms with Crippen LogP contribution in [0.15, 0.2) is 46.2 Å². The molecule has 0 fully saturated rings. The maximum atomic E-state index is 4.32. The first-order chi connectivity index (χ1) is 8.29. The smallest absolute Gasteiger partial charge is 0.125 e. The van der Waals surface area contributed by atoms with Crippen molar-refractivity contribution in [2.24, 2.45) is 0 Å². The zero-order valence-corrected chi connectivity index (χ0v) is 11.8. The Bertz CT molecular complexity index is 505. The van der Waals surface area contributed by atoms with Crippen molar-refractivity contribution in [2.45, 2.75) is 10.8 Å². The Morgan fingerprint density at radius 3 is 2.94 bits per heavy atom. The lowest BCUT2D eigenvalue weighted by molar-refractivity contribution is 1.11. The SMILES string of the molecule is CNc1cc(CSc2ncccc2Br)ccn1. The van der Waals surface area contributed by atoms with E-state index in [-0.39, 0.29) is 0 Å². The minimum absolute atomic E-state index is 0.882. The minimum Gasteiger partial charge on any atom is -0.373 e. The summed E-state index contributed by atoms with van der Waals surface area (Å²) >= 11 is 5.20. The van der Waals surface area contributed by atoms with E-state index in [1.807, 2.05) is 37.5 Å². The summed E-state index contributed by atoms with van der Waals surface area (Å²) in [7, 11) is 1.87. The second-order valence-corrected chi connectivity index (χ2v) is 5.20. The quantitative estimate of drug-likeness (QED) is 0.876. The van der Waals surface area contributed by atoms with Gasteiger partial charge in [-0.3, -0.25) is 0 Å². The van der Waals surface area contributed by atoms with Crippen molar-refractivity contribution in [3.8, 4) is 0 Å². The van der Waals surface area contributed by atoms with Gasteiger partial charge < -0.3 is 5.32 Å². The van der Waals surface area contributed by atoms with Crippen LogP contribution in [0.1, 0.15) is 5.56 Å². The van der Waals surface area contributed by atoms with E-state index in [0.29, 0.717) is 0 Å². The Hall–Kier alpha value is -1.07. The summed E-state index contributed by atoms with van der Waals surface area (Å²) in [6.07, 6.45) is 3.62. The molecule has 0 saturated heterocycles. The minimum atomic E-state index is 0.882. The van der Waals surface area contributed by atoms with Gasteiger partial charge in [-0.1, -0.05) is 0 Å². The highest BCUT2D eigenvalue weighted by molar-refractivity contribution is 9.10. The van der Waals surface area contributed by atoms with Gasteiger partial charge in [-0.2, -0.15) is 0 Å². The van der Waals surface area contributed by atoms with Crippen LogP contribution < -0.4 is 5.32 Å². The third-order valence-corrected chi connectivity index (χ3v) is 4.16. The van der Waals surface area contributed by atoms with Crippen LogP contribution in [0.25, 0.3) is 0 Å². The summed E-state index contributed by atoms with van der Waals surface area (Å²) in [4.78, 5) is 8.51. The molecule has 0 aliphatic heterocycles. The number of thioether (sulfide) groups is 1. The summed E-state index contributed by atoms with van der Waals surface area (Å²) in [5.74, 6) is 1.77. The van der Waals surface area contributed by atoms with Crippen LogP contribution >= 0.6 is 27.7 Å². The van der Waals surface area contributed by atoms with E-state index in [1.54, 1.807) is 18.0 Å². The van der Waals surface area contributed by atoms with E-state index in [9.17, 15) is 0 Å². The van der Waals surface area contributed by atoms with Gasteiger partial charge in [0.15, 0.2) is 0 Å². The third kappa shape index (κ3) is 3.44. The van der Waals surface area contributed by atoms with Crippen molar-refractivity contribution in [3.63, 3.8) is 0 Å². The number of nitrogens with one attached hydrogen (secondary N) is 1. The number of aromatic nitrogens is 2. The highest BCUT2D eigenvalue weighted by Gasteiger charge is 2.02. The molecule has 2 aromatic rings. The first-order valence-corrected chi connectivity index (χ1v) is 6.93. The number of anilines is 1. The van der Waals surface area contributed by atoms with E-state index in [4.69, 9.17) is 0 Å². The zero-order chi connectivity index (χ0) is 12.1. The van der Waals surface area contributed by atoms with Crippen molar-refractivity contribution in [2.75, 3.05) is 12.4 Å². The lowest BCUT2D eigenvalue weighted by Crippen LogP contribution is -1.93. The van der Waals surface area contributed by atoms with Crippen LogP contribution in [0.4, 0.5) is 5.82 Å². The molecule has 0 radical (unpaired) electrons. The van der Waals surface area contributed by atoms with Crippen molar-refractivity contribution in [1.29, 1.82) is 0 Å². The van der Waals surface area contributed by atoms with Crippen LogP contribution in [0, 0.1) is 0 Å². The van der Waals surface area contributed by atoms with Crippen molar-refractivity contribution in [3.05, 3.63) is 46.7 Å². The third-order valence-electron chi connectivity index (χ3n) is 2.18. The fourth-order valence-corrected chi connectivity index (χ4v) is 2.75. The van der Waals surface area contributed by atoms with Gasteiger partial charge in [-0.15, -0.1) is 11.8 Å². The van der Waals surface area contributed by atoms with Crippen LogP contribution in [0.5, 0.6) is 0 Å². The molecule has 0 amide bonds. The van der Waals surface area contributed by atoms with E-state index in [0.717, 1.165) is 21.1 Å². The van der Waals surface area contributed by atoms with Crippen LogP contribution in [-0.2, 0) is 5.75 Å². The van der Waals surface area contributed by atoms with Crippen LogP contribution in [-0.4, -0.2) is 17.0 Å². The van der Waals surface area contributed by atoms with Gasteiger partial charge >= 0.3 is 0 Å². The number of hydrogen-bond acceptors (Lipinski definition) is 4. The normalized spacial score (nSPS) is 10.2. The Kier molecular flexibility index (Phi) is 4.39. The van der Waals surface area contributed by atoms with E-state index in [2.05, 4.69) is 31.2 Å². The molecule has 2 heterocycles. The molecule has 0 saturated carbocycles. The molecule has 0 unspecified atom stereocenters. The van der Waals surface area contributed by atoms with Crippen molar-refractivity contribution >= 4 is 33.5 Å². The number of pyridine rings is 2. The van der Waals surface area contributed by atoms with Crippen LogP contribution in [0.3, 0.4) is 0 Å². The largest absolute Gasteiger partial charge is 0.373 e. The molecule has 0 spiro atoms. The maximum absolute atomic E-state index is 4.32. The highest BCUT2D eigenvalue weighted by atomic mass is 79.9. The molecular weight excluding hydrogens is 298 g/mol. The highest BCUT2D eigenvalue weighted by Crippen LogP contribution is 2.27. The molecule has 0 aliphatic carbocycles. The van der Waals surface area contributed by atoms with Gasteiger partial charge in [-0.25, -0.2) is 9.97 Å². The van der Waals surface area contributed by atoms with E-state index in [1.165, 1.54) is 5.56 Å². The first kappa shape index (κ1) is 12.4. The van der Waals surface area contributed by atoms with Gasteiger partial charge in [0.1, 0.15) is 10.8 Å². The fourth-order valence-electron chi connectivity index (χ4n) is 1.33. The molecule has 88 valence electrons. The lowest BCUT2D eigenvalue weighted by Gasteiger charge is -2.04. The number of nitrogens with zero attached hydrogens (tertiary/aromatic N) is 2. The first-order valence-electron chi connectivity index (χ1n) is 5.15. The molecule has 2 aromatic heterocycles. The standard InChI is InChI=1S/C12H12BrN3S/c1-14-11-7-9(4-6-15-11)8-17-12-10(13)3-2-5-16-12/h2-7H,8H2,1H3,(H,14,15). The second-order valence-electron chi connectivity index (χ2n) is 3.38. The summed E-state index contributed by atoms with van der Waals surface area (Å²) in [6, 6.07) is 7.98. The number of halogens is 1. The van der Waals surface area contributed by atoms with Crippen molar-refractivity contribution < 1.29 is 0 Å². The maximum Gasteiger partial charge on any atom is 0.125 e. The molecule has 2 rings (SSSR count). The fraction of sp³-hybridized carbons (Fsp3) is 0.167. The Labute approximate surface area is 113 Å². The van der Waals surface area contributed by atoms with E-state index < -0.39 is 0 Å². The molecule has 0 aliphatic rings. The Morgan fingerprint density at radius 2 is 2.18 bits per heavy atom. The number of hydrogen-bond donors (Lipinski definition) is 1. The second kappa shape index (κ2) is 6.02. The van der Waals surface area contributed by atoms with Gasteiger partial charge in [0.25, 0.3) is 0 Å². The summed E-state index contributed by atoms with van der Waals surface area (Å²) < 4.78 is 1.04. The molecule has 17 heavy (non-hydrogen) atoms.